The first kappa shape index (κ1) is 12.7. The molecule has 3 nitrogen and oxygen atoms in total. The van der Waals surface area contributed by atoms with E-state index in [0.717, 1.165) is 0 Å². The first-order chi connectivity index (χ1) is 9.18. The monoisotopic (exact) mass is 259 g/mol. The van der Waals surface area contributed by atoms with Crippen LogP contribution in [0.15, 0.2) is 24.3 Å². The van der Waals surface area contributed by atoms with Gasteiger partial charge in [-0.3, -0.25) is 10.1 Å². The summed E-state index contributed by atoms with van der Waals surface area (Å²) in [7, 11) is 0. The van der Waals surface area contributed by atoms with Crippen LogP contribution in [0.2, 0.25) is 0 Å². The third-order valence-corrected chi connectivity index (χ3v) is 4.78. The zero-order valence-electron chi connectivity index (χ0n) is 11.3. The highest BCUT2D eigenvalue weighted by molar-refractivity contribution is 5.73. The van der Waals surface area contributed by atoms with E-state index in [1.54, 1.807) is 6.92 Å². The van der Waals surface area contributed by atoms with Crippen molar-refractivity contribution in [3.8, 4) is 0 Å². The molecule has 1 aromatic carbocycles. The van der Waals surface area contributed by atoms with Gasteiger partial charge in [0.1, 0.15) is 6.04 Å². The number of nitrogens with one attached hydrogen (secondary N) is 1. The third kappa shape index (κ3) is 2.16. The van der Waals surface area contributed by atoms with Gasteiger partial charge in [-0.25, -0.2) is 0 Å². The van der Waals surface area contributed by atoms with Crippen LogP contribution >= 0.6 is 0 Å². The van der Waals surface area contributed by atoms with Crippen LogP contribution in [0.1, 0.15) is 55.7 Å². The van der Waals surface area contributed by atoms with Crippen LogP contribution in [0.3, 0.4) is 0 Å². The van der Waals surface area contributed by atoms with Crippen molar-refractivity contribution in [2.75, 3.05) is 0 Å². The molecule has 2 N–H and O–H groups in total. The second-order valence-corrected chi connectivity index (χ2v) is 5.89. The van der Waals surface area contributed by atoms with Crippen molar-refractivity contribution in [1.29, 1.82) is 0 Å². The Morgan fingerprint density at radius 2 is 1.95 bits per heavy atom. The molecule has 3 rings (SSSR count). The Morgan fingerprint density at radius 3 is 2.68 bits per heavy atom. The third-order valence-electron chi connectivity index (χ3n) is 4.78. The average molecular weight is 259 g/mol. The lowest BCUT2D eigenvalue weighted by Crippen LogP contribution is -2.39. The minimum atomic E-state index is -0.767. The van der Waals surface area contributed by atoms with Crippen molar-refractivity contribution in [2.45, 2.75) is 50.6 Å². The first-order valence-electron chi connectivity index (χ1n) is 7.26. The van der Waals surface area contributed by atoms with Crippen molar-refractivity contribution < 1.29 is 9.90 Å². The molecule has 1 saturated carbocycles. The fourth-order valence-electron chi connectivity index (χ4n) is 3.86. The van der Waals surface area contributed by atoms with Gasteiger partial charge in [0.05, 0.1) is 0 Å². The normalized spacial score (nSPS) is 30.5. The van der Waals surface area contributed by atoms with Gasteiger partial charge in [0, 0.05) is 6.04 Å². The maximum atomic E-state index is 11.1. The van der Waals surface area contributed by atoms with Gasteiger partial charge in [0.15, 0.2) is 0 Å². The minimum absolute atomic E-state index is 0.215. The standard InChI is InChI=1S/C16H21NO2/c1-10(16(18)19)17-15-13-8-4-2-6-11(13)12-7-3-5-9-14(12)15/h2,4,6,8,10,12,14-15,17H,3,5,7,9H2,1H3,(H,18,19). The quantitative estimate of drug-likeness (QED) is 0.877. The van der Waals surface area contributed by atoms with Gasteiger partial charge >= 0.3 is 5.97 Å². The number of aliphatic carboxylic acids is 1. The van der Waals surface area contributed by atoms with Crippen LogP contribution in [-0.4, -0.2) is 17.1 Å². The molecule has 2 aliphatic rings. The summed E-state index contributed by atoms with van der Waals surface area (Å²) >= 11 is 0. The molecule has 0 amide bonds. The number of carboxylic acid groups (broad SMARTS) is 1. The average Bonchev–Trinajstić information content (AvgIpc) is 2.74. The van der Waals surface area contributed by atoms with Crippen molar-refractivity contribution in [3.05, 3.63) is 35.4 Å². The van der Waals surface area contributed by atoms with Crippen molar-refractivity contribution in [2.24, 2.45) is 5.92 Å². The predicted molar refractivity (Wildman–Crippen MR) is 74.1 cm³/mol. The molecule has 0 bridgehead atoms. The molecule has 0 heterocycles. The van der Waals surface area contributed by atoms with Crippen LogP contribution in [-0.2, 0) is 4.79 Å². The summed E-state index contributed by atoms with van der Waals surface area (Å²) in [4.78, 5) is 11.1. The molecule has 3 heteroatoms. The molecule has 4 atom stereocenters. The van der Waals surface area contributed by atoms with Gasteiger partial charge in [0.25, 0.3) is 0 Å². The van der Waals surface area contributed by atoms with Gasteiger partial charge in [-0.05, 0) is 42.7 Å². The summed E-state index contributed by atoms with van der Waals surface area (Å²) in [5, 5.41) is 12.5. The number of fused-ring (bicyclic) bond motifs is 3. The smallest absolute Gasteiger partial charge is 0.320 e. The van der Waals surface area contributed by atoms with Gasteiger partial charge in [-0.2, -0.15) is 0 Å². The Balaban J connectivity index is 1.91. The van der Waals surface area contributed by atoms with Crippen molar-refractivity contribution in [3.63, 3.8) is 0 Å². The van der Waals surface area contributed by atoms with E-state index in [1.165, 1.54) is 36.8 Å². The van der Waals surface area contributed by atoms with Crippen molar-refractivity contribution in [1.82, 2.24) is 5.32 Å². The highest BCUT2D eigenvalue weighted by Crippen LogP contribution is 2.52. The largest absolute Gasteiger partial charge is 0.480 e. The minimum Gasteiger partial charge on any atom is -0.480 e. The number of benzene rings is 1. The van der Waals surface area contributed by atoms with E-state index in [4.69, 9.17) is 5.11 Å². The van der Waals surface area contributed by atoms with E-state index >= 15 is 0 Å². The lowest BCUT2D eigenvalue weighted by molar-refractivity contribution is -0.139. The molecule has 1 fully saturated rings. The molecule has 2 aliphatic carbocycles. The van der Waals surface area contributed by atoms with Crippen LogP contribution in [0.4, 0.5) is 0 Å². The van der Waals surface area contributed by atoms with E-state index in [0.29, 0.717) is 11.8 Å². The summed E-state index contributed by atoms with van der Waals surface area (Å²) in [6, 6.07) is 8.29. The van der Waals surface area contributed by atoms with Crippen LogP contribution in [0, 0.1) is 5.92 Å². The second kappa shape index (κ2) is 4.97. The molecule has 0 radical (unpaired) electrons. The molecule has 0 spiro atoms. The van der Waals surface area contributed by atoms with Crippen LogP contribution < -0.4 is 5.32 Å². The molecule has 0 saturated heterocycles. The van der Waals surface area contributed by atoms with Gasteiger partial charge < -0.3 is 5.11 Å². The molecule has 0 aliphatic heterocycles. The summed E-state index contributed by atoms with van der Waals surface area (Å²) in [5.41, 5.74) is 2.77. The topological polar surface area (TPSA) is 49.3 Å². The fraction of sp³-hybridized carbons (Fsp3) is 0.562. The number of carboxylic acids is 1. The Bertz CT molecular complexity index is 485. The highest BCUT2D eigenvalue weighted by Gasteiger charge is 2.42. The summed E-state index contributed by atoms with van der Waals surface area (Å²) in [5.74, 6) is 0.438. The zero-order valence-corrected chi connectivity index (χ0v) is 11.3. The SMILES string of the molecule is CC(NC1c2ccccc2C2CCCCC21)C(=O)O. The summed E-state index contributed by atoms with van der Waals surface area (Å²) in [6.07, 6.45) is 5.04. The Labute approximate surface area is 114 Å². The molecule has 1 aromatic rings. The lowest BCUT2D eigenvalue weighted by Gasteiger charge is -2.31. The van der Waals surface area contributed by atoms with E-state index in [9.17, 15) is 4.79 Å². The predicted octanol–water partition coefficient (Wildman–Crippen LogP) is 3.08. The van der Waals surface area contributed by atoms with E-state index < -0.39 is 12.0 Å². The molecule has 0 aromatic heterocycles. The maximum Gasteiger partial charge on any atom is 0.320 e. The first-order valence-corrected chi connectivity index (χ1v) is 7.26. The van der Waals surface area contributed by atoms with Crippen LogP contribution in [0.5, 0.6) is 0 Å². The second-order valence-electron chi connectivity index (χ2n) is 5.89. The Kier molecular flexibility index (Phi) is 3.31. The number of rotatable bonds is 3. The lowest BCUT2D eigenvalue weighted by atomic mass is 9.78. The van der Waals surface area contributed by atoms with E-state index in [1.807, 2.05) is 0 Å². The van der Waals surface area contributed by atoms with Gasteiger partial charge in [-0.1, -0.05) is 37.1 Å². The Morgan fingerprint density at radius 1 is 1.26 bits per heavy atom. The highest BCUT2D eigenvalue weighted by atomic mass is 16.4. The maximum absolute atomic E-state index is 11.1. The Hall–Kier alpha value is -1.35. The fourth-order valence-corrected chi connectivity index (χ4v) is 3.86. The summed E-state index contributed by atoms with van der Waals surface area (Å²) in [6.45, 7) is 1.74. The zero-order chi connectivity index (χ0) is 13.4. The molecule has 102 valence electrons. The van der Waals surface area contributed by atoms with Crippen LogP contribution in [0.25, 0.3) is 0 Å². The molecular weight excluding hydrogens is 238 g/mol. The number of hydrogen-bond acceptors (Lipinski definition) is 2. The number of hydrogen-bond donors (Lipinski definition) is 2. The summed E-state index contributed by atoms with van der Waals surface area (Å²) < 4.78 is 0. The number of carbonyl (C=O) groups is 1. The van der Waals surface area contributed by atoms with Crippen molar-refractivity contribution >= 4 is 5.97 Å². The van der Waals surface area contributed by atoms with E-state index in [-0.39, 0.29) is 6.04 Å². The van der Waals surface area contributed by atoms with E-state index in [2.05, 4.69) is 29.6 Å². The van der Waals surface area contributed by atoms with Gasteiger partial charge in [0.2, 0.25) is 0 Å². The molecule has 19 heavy (non-hydrogen) atoms. The molecule has 4 unspecified atom stereocenters. The molecular formula is C16H21NO2. The van der Waals surface area contributed by atoms with Gasteiger partial charge in [-0.15, -0.1) is 0 Å².